The molecule has 3 heteroatoms. The number of nitrogens with zero attached hydrogens (tertiary/aromatic N) is 1. The molecule has 2 N–H and O–H groups in total. The van der Waals surface area contributed by atoms with Gasteiger partial charge in [-0.2, -0.15) is 0 Å². The van der Waals surface area contributed by atoms with Gasteiger partial charge in [0.1, 0.15) is 11.9 Å². The molecular weight excluding hydrogens is 128 g/mol. The highest BCUT2D eigenvalue weighted by Gasteiger charge is 2.24. The summed E-state index contributed by atoms with van der Waals surface area (Å²) in [5.74, 6) is 0.563. The number of hydrogen-bond acceptors (Lipinski definition) is 3. The monoisotopic (exact) mass is 136 g/mol. The molecule has 1 aliphatic rings. The van der Waals surface area contributed by atoms with Crippen molar-refractivity contribution in [2.75, 3.05) is 12.3 Å². The van der Waals surface area contributed by atoms with Crippen LogP contribution >= 0.6 is 0 Å². The Hall–Kier alpha value is -1.09. The first-order valence-corrected chi connectivity index (χ1v) is 3.19. The minimum absolute atomic E-state index is 0.283. The van der Waals surface area contributed by atoms with Crippen LogP contribution in [0.4, 0.5) is 5.82 Å². The predicted octanol–water partition coefficient (Wildman–Crippen LogP) is 0.735. The molecule has 1 saturated heterocycles. The maximum absolute atomic E-state index is 5.46. The fraction of sp³-hybridized carbons (Fsp3) is 0.286. The van der Waals surface area contributed by atoms with Crippen LogP contribution < -0.4 is 5.73 Å². The topological polar surface area (TPSA) is 51.4 Å². The van der Waals surface area contributed by atoms with Crippen LogP contribution in [0.15, 0.2) is 18.3 Å². The second-order valence-corrected chi connectivity index (χ2v) is 2.34. The molecule has 10 heavy (non-hydrogen) atoms. The fourth-order valence-electron chi connectivity index (χ4n) is 0.906. The van der Waals surface area contributed by atoms with Crippen LogP contribution in [0.3, 0.4) is 0 Å². The molecule has 0 bridgehead atoms. The third kappa shape index (κ3) is 0.953. The maximum Gasteiger partial charge on any atom is 0.123 e. The number of nitrogen functional groups attached to an aromatic ring is 1. The van der Waals surface area contributed by atoms with Gasteiger partial charge < -0.3 is 10.5 Å². The molecule has 1 aromatic heterocycles. The standard InChI is InChI=1S/C7H8N2O/c8-7-3-5(1-2-9-7)6-4-10-6/h1-3,6H,4H2,(H2,8,9). The second kappa shape index (κ2) is 1.95. The van der Waals surface area contributed by atoms with Gasteiger partial charge in [0, 0.05) is 6.20 Å². The van der Waals surface area contributed by atoms with Crippen LogP contribution in [0.1, 0.15) is 11.7 Å². The highest BCUT2D eigenvalue weighted by Crippen LogP contribution is 2.29. The number of nitrogens with two attached hydrogens (primary N) is 1. The van der Waals surface area contributed by atoms with E-state index in [1.807, 2.05) is 12.1 Å². The molecule has 2 heterocycles. The lowest BCUT2D eigenvalue weighted by molar-refractivity contribution is 0.415. The summed E-state index contributed by atoms with van der Waals surface area (Å²) in [5.41, 5.74) is 6.59. The predicted molar refractivity (Wildman–Crippen MR) is 37.3 cm³/mol. The van der Waals surface area contributed by atoms with E-state index in [0.29, 0.717) is 5.82 Å². The van der Waals surface area contributed by atoms with Crippen LogP contribution in [-0.2, 0) is 4.74 Å². The molecule has 1 aromatic rings. The van der Waals surface area contributed by atoms with Crippen molar-refractivity contribution in [3.63, 3.8) is 0 Å². The summed E-state index contributed by atoms with van der Waals surface area (Å²) in [4.78, 5) is 3.87. The van der Waals surface area contributed by atoms with Crippen LogP contribution in [0.25, 0.3) is 0 Å². The van der Waals surface area contributed by atoms with Crippen molar-refractivity contribution >= 4 is 5.82 Å². The van der Waals surface area contributed by atoms with Gasteiger partial charge in [-0.05, 0) is 17.7 Å². The third-order valence-corrected chi connectivity index (χ3v) is 1.51. The van der Waals surface area contributed by atoms with Crippen LogP contribution in [0.5, 0.6) is 0 Å². The zero-order valence-electron chi connectivity index (χ0n) is 5.45. The fourth-order valence-corrected chi connectivity index (χ4v) is 0.906. The molecule has 52 valence electrons. The number of pyridine rings is 1. The SMILES string of the molecule is Nc1cc(C2CO2)ccn1. The highest BCUT2D eigenvalue weighted by molar-refractivity contribution is 5.33. The van der Waals surface area contributed by atoms with E-state index in [1.54, 1.807) is 6.20 Å². The average molecular weight is 136 g/mol. The van der Waals surface area contributed by atoms with Gasteiger partial charge in [-0.3, -0.25) is 0 Å². The number of aromatic nitrogens is 1. The summed E-state index contributed by atoms with van der Waals surface area (Å²) in [6.45, 7) is 0.823. The maximum atomic E-state index is 5.46. The molecule has 0 aromatic carbocycles. The van der Waals surface area contributed by atoms with E-state index in [2.05, 4.69) is 4.98 Å². The molecule has 1 fully saturated rings. The van der Waals surface area contributed by atoms with Gasteiger partial charge in [0.05, 0.1) is 6.61 Å². The molecule has 1 unspecified atom stereocenters. The molecule has 1 aliphatic heterocycles. The highest BCUT2D eigenvalue weighted by atomic mass is 16.6. The first-order chi connectivity index (χ1) is 4.86. The Morgan fingerprint density at radius 3 is 3.10 bits per heavy atom. The van der Waals surface area contributed by atoms with Gasteiger partial charge >= 0.3 is 0 Å². The zero-order valence-corrected chi connectivity index (χ0v) is 5.45. The van der Waals surface area contributed by atoms with E-state index >= 15 is 0 Å². The van der Waals surface area contributed by atoms with Gasteiger partial charge in [-0.25, -0.2) is 4.98 Å². The number of ether oxygens (including phenoxy) is 1. The third-order valence-electron chi connectivity index (χ3n) is 1.51. The molecule has 3 nitrogen and oxygen atoms in total. The minimum Gasteiger partial charge on any atom is -0.384 e. The molecule has 2 rings (SSSR count). The van der Waals surface area contributed by atoms with Gasteiger partial charge in [-0.1, -0.05) is 0 Å². The molecular formula is C7H8N2O. The molecule has 0 spiro atoms. The smallest absolute Gasteiger partial charge is 0.123 e. The van der Waals surface area contributed by atoms with Crippen LogP contribution in [0, 0.1) is 0 Å². The van der Waals surface area contributed by atoms with Crippen molar-refractivity contribution < 1.29 is 4.74 Å². The Bertz CT molecular complexity index is 245. The van der Waals surface area contributed by atoms with Gasteiger partial charge in [0.2, 0.25) is 0 Å². The first kappa shape index (κ1) is 5.68. The number of epoxide rings is 1. The summed E-state index contributed by atoms with van der Waals surface area (Å²) in [7, 11) is 0. The Balaban J connectivity index is 2.32. The summed E-state index contributed by atoms with van der Waals surface area (Å²) < 4.78 is 5.07. The van der Waals surface area contributed by atoms with Crippen molar-refractivity contribution in [3.8, 4) is 0 Å². The van der Waals surface area contributed by atoms with Crippen molar-refractivity contribution in [3.05, 3.63) is 23.9 Å². The zero-order chi connectivity index (χ0) is 6.97. The Morgan fingerprint density at radius 2 is 2.50 bits per heavy atom. The molecule has 0 radical (unpaired) electrons. The van der Waals surface area contributed by atoms with E-state index < -0.39 is 0 Å². The van der Waals surface area contributed by atoms with E-state index in [4.69, 9.17) is 10.5 Å². The lowest BCUT2D eigenvalue weighted by Gasteiger charge is -1.94. The van der Waals surface area contributed by atoms with E-state index in [1.165, 1.54) is 0 Å². The molecule has 1 atom stereocenters. The molecule has 0 saturated carbocycles. The Kier molecular flexibility index (Phi) is 1.11. The molecule has 0 amide bonds. The Labute approximate surface area is 58.8 Å². The number of hydrogen-bond donors (Lipinski definition) is 1. The molecule has 0 aliphatic carbocycles. The van der Waals surface area contributed by atoms with Gasteiger partial charge in [0.15, 0.2) is 0 Å². The van der Waals surface area contributed by atoms with E-state index in [9.17, 15) is 0 Å². The van der Waals surface area contributed by atoms with Gasteiger partial charge in [0.25, 0.3) is 0 Å². The van der Waals surface area contributed by atoms with Gasteiger partial charge in [-0.15, -0.1) is 0 Å². The summed E-state index contributed by atoms with van der Waals surface area (Å²) in [6.07, 6.45) is 1.98. The van der Waals surface area contributed by atoms with Crippen molar-refractivity contribution in [1.29, 1.82) is 0 Å². The number of anilines is 1. The van der Waals surface area contributed by atoms with Crippen molar-refractivity contribution in [2.45, 2.75) is 6.10 Å². The average Bonchev–Trinajstić information content (AvgIpc) is 2.68. The normalized spacial score (nSPS) is 22.6. The van der Waals surface area contributed by atoms with E-state index in [-0.39, 0.29) is 6.10 Å². The minimum atomic E-state index is 0.283. The van der Waals surface area contributed by atoms with E-state index in [0.717, 1.165) is 12.2 Å². The Morgan fingerprint density at radius 1 is 1.70 bits per heavy atom. The van der Waals surface area contributed by atoms with Crippen LogP contribution in [-0.4, -0.2) is 11.6 Å². The van der Waals surface area contributed by atoms with Crippen molar-refractivity contribution in [1.82, 2.24) is 4.98 Å². The quantitative estimate of drug-likeness (QED) is 0.579. The largest absolute Gasteiger partial charge is 0.384 e. The van der Waals surface area contributed by atoms with Crippen molar-refractivity contribution in [2.24, 2.45) is 0 Å². The van der Waals surface area contributed by atoms with Crippen LogP contribution in [0.2, 0.25) is 0 Å². The summed E-state index contributed by atoms with van der Waals surface area (Å²) in [6, 6.07) is 3.77. The first-order valence-electron chi connectivity index (χ1n) is 3.19. The number of rotatable bonds is 1. The lowest BCUT2D eigenvalue weighted by atomic mass is 10.2. The lowest BCUT2D eigenvalue weighted by Crippen LogP contribution is -1.90. The summed E-state index contributed by atoms with van der Waals surface area (Å²) in [5, 5.41) is 0. The summed E-state index contributed by atoms with van der Waals surface area (Å²) >= 11 is 0. The second-order valence-electron chi connectivity index (χ2n) is 2.34.